The molecule has 0 saturated heterocycles. The normalized spacial score (nSPS) is 11.1. The highest BCUT2D eigenvalue weighted by molar-refractivity contribution is 7.21. The van der Waals surface area contributed by atoms with Gasteiger partial charge in [-0.3, -0.25) is 0 Å². The number of carbonyl (C=O) groups excluding carboxylic acids is 1. The molecular weight excluding hydrogens is 302 g/mol. The molecule has 2 aromatic heterocycles. The molecule has 0 N–H and O–H groups in total. The number of esters is 1. The predicted octanol–water partition coefficient (Wildman–Crippen LogP) is 2.16. The van der Waals surface area contributed by atoms with Gasteiger partial charge in [0, 0.05) is 27.7 Å². The summed E-state index contributed by atoms with van der Waals surface area (Å²) in [7, 11) is 7.03. The molecule has 2 aromatic rings. The van der Waals surface area contributed by atoms with E-state index in [4.69, 9.17) is 4.74 Å². The summed E-state index contributed by atoms with van der Waals surface area (Å²) in [5.74, 6) is 0.337. The van der Waals surface area contributed by atoms with E-state index in [0.717, 1.165) is 22.6 Å². The first-order valence-corrected chi connectivity index (χ1v) is 7.58. The Bertz CT molecular complexity index is 711. The van der Waals surface area contributed by atoms with Crippen molar-refractivity contribution in [3.8, 4) is 0 Å². The monoisotopic (exact) mass is 321 g/mol. The number of carbonyl (C=O) groups is 1. The summed E-state index contributed by atoms with van der Waals surface area (Å²) in [6, 6.07) is 0. The van der Waals surface area contributed by atoms with Gasteiger partial charge in [0.1, 0.15) is 27.5 Å². The average molecular weight is 321 g/mol. The summed E-state index contributed by atoms with van der Waals surface area (Å²) in [6.07, 6.45) is 3.15. The molecule has 0 saturated carbocycles. The van der Waals surface area contributed by atoms with Crippen LogP contribution in [0.1, 0.15) is 16.6 Å². The number of aromatic nitrogens is 2. The zero-order valence-electron chi connectivity index (χ0n) is 13.3. The fourth-order valence-electron chi connectivity index (χ4n) is 1.87. The Kier molecular flexibility index (Phi) is 4.92. The van der Waals surface area contributed by atoms with Crippen molar-refractivity contribution >= 4 is 45.4 Å². The van der Waals surface area contributed by atoms with Crippen molar-refractivity contribution < 1.29 is 9.53 Å². The second-order valence-corrected chi connectivity index (χ2v) is 5.87. The molecule has 118 valence electrons. The Morgan fingerprint density at radius 3 is 2.73 bits per heavy atom. The van der Waals surface area contributed by atoms with Gasteiger partial charge in [-0.2, -0.15) is 0 Å². The van der Waals surface area contributed by atoms with E-state index in [1.165, 1.54) is 24.8 Å². The second kappa shape index (κ2) is 6.69. The number of hydrogen-bond acceptors (Lipinski definition) is 7. The minimum atomic E-state index is -0.418. The van der Waals surface area contributed by atoms with E-state index in [1.807, 2.05) is 33.0 Å². The standard InChI is InChI=1S/C14H19N5O2S/c1-6-19(4)12-9-10(17-8-18(2)3)11(14(20)21-5)22-13(9)16-7-15-12/h7-8H,6H2,1-5H3/b17-8-. The van der Waals surface area contributed by atoms with Crippen LogP contribution in [0.4, 0.5) is 11.5 Å². The van der Waals surface area contributed by atoms with E-state index in [9.17, 15) is 4.79 Å². The Balaban J connectivity index is 2.75. The van der Waals surface area contributed by atoms with Crippen LogP contribution in [0.3, 0.4) is 0 Å². The van der Waals surface area contributed by atoms with Crippen LogP contribution < -0.4 is 4.90 Å². The fraction of sp³-hybridized carbons (Fsp3) is 0.429. The Morgan fingerprint density at radius 2 is 2.14 bits per heavy atom. The molecule has 22 heavy (non-hydrogen) atoms. The average Bonchev–Trinajstić information content (AvgIpc) is 2.89. The SMILES string of the molecule is CCN(C)c1ncnc2sc(C(=O)OC)c(/N=C\N(C)C)c12. The molecule has 0 aliphatic carbocycles. The predicted molar refractivity (Wildman–Crippen MR) is 89.5 cm³/mol. The van der Waals surface area contributed by atoms with Gasteiger partial charge in [0.05, 0.1) is 18.8 Å². The highest BCUT2D eigenvalue weighted by atomic mass is 32.1. The maximum atomic E-state index is 12.0. The van der Waals surface area contributed by atoms with Gasteiger partial charge in [-0.1, -0.05) is 0 Å². The third-order valence-corrected chi connectivity index (χ3v) is 4.13. The van der Waals surface area contributed by atoms with Gasteiger partial charge < -0.3 is 14.5 Å². The number of hydrogen-bond donors (Lipinski definition) is 0. The molecule has 0 aliphatic heterocycles. The third kappa shape index (κ3) is 3.01. The number of methoxy groups -OCH3 is 1. The molecule has 0 aliphatic rings. The van der Waals surface area contributed by atoms with Crippen LogP contribution in [-0.2, 0) is 4.74 Å². The molecule has 0 radical (unpaired) electrons. The minimum absolute atomic E-state index is 0.418. The van der Waals surface area contributed by atoms with Gasteiger partial charge in [0.15, 0.2) is 0 Å². The van der Waals surface area contributed by atoms with Gasteiger partial charge >= 0.3 is 5.97 Å². The number of thiophene rings is 1. The first-order valence-electron chi connectivity index (χ1n) is 6.77. The van der Waals surface area contributed by atoms with E-state index in [0.29, 0.717) is 10.6 Å². The number of nitrogens with zero attached hydrogens (tertiary/aromatic N) is 5. The maximum Gasteiger partial charge on any atom is 0.350 e. The van der Waals surface area contributed by atoms with Crippen LogP contribution >= 0.6 is 11.3 Å². The summed E-state index contributed by atoms with van der Waals surface area (Å²) >= 11 is 1.27. The lowest BCUT2D eigenvalue weighted by molar-refractivity contribution is 0.0607. The first kappa shape index (κ1) is 16.2. The Hall–Kier alpha value is -2.22. The lowest BCUT2D eigenvalue weighted by Crippen LogP contribution is -2.17. The zero-order valence-corrected chi connectivity index (χ0v) is 14.1. The van der Waals surface area contributed by atoms with Crippen molar-refractivity contribution in [3.05, 3.63) is 11.2 Å². The highest BCUT2D eigenvalue weighted by Gasteiger charge is 2.23. The van der Waals surface area contributed by atoms with E-state index in [2.05, 4.69) is 15.0 Å². The number of ether oxygens (including phenoxy) is 1. The molecular formula is C14H19N5O2S. The van der Waals surface area contributed by atoms with Crippen LogP contribution in [-0.4, -0.2) is 62.0 Å². The Labute approximate surface area is 133 Å². The molecule has 7 nitrogen and oxygen atoms in total. The molecule has 8 heteroatoms. The van der Waals surface area contributed by atoms with Crippen molar-refractivity contribution in [1.29, 1.82) is 0 Å². The van der Waals surface area contributed by atoms with E-state index in [1.54, 1.807) is 11.2 Å². The topological polar surface area (TPSA) is 70.9 Å². The molecule has 0 spiro atoms. The quantitative estimate of drug-likeness (QED) is 0.477. The fourth-order valence-corrected chi connectivity index (χ4v) is 2.87. The zero-order chi connectivity index (χ0) is 16.3. The van der Waals surface area contributed by atoms with Gasteiger partial charge in [-0.15, -0.1) is 11.3 Å². The van der Waals surface area contributed by atoms with Crippen molar-refractivity contribution in [2.75, 3.05) is 39.7 Å². The summed E-state index contributed by atoms with van der Waals surface area (Å²) < 4.78 is 4.86. The van der Waals surface area contributed by atoms with Crippen molar-refractivity contribution in [3.63, 3.8) is 0 Å². The third-order valence-electron chi connectivity index (χ3n) is 3.07. The lowest BCUT2D eigenvalue weighted by atomic mass is 10.2. The molecule has 2 rings (SSSR count). The first-order chi connectivity index (χ1) is 10.5. The van der Waals surface area contributed by atoms with Crippen molar-refractivity contribution in [1.82, 2.24) is 14.9 Å². The molecule has 0 bridgehead atoms. The van der Waals surface area contributed by atoms with Gasteiger partial charge in [0.2, 0.25) is 0 Å². The van der Waals surface area contributed by atoms with Crippen molar-refractivity contribution in [2.45, 2.75) is 6.92 Å². The van der Waals surface area contributed by atoms with Gasteiger partial charge in [-0.05, 0) is 6.92 Å². The Morgan fingerprint density at radius 1 is 1.41 bits per heavy atom. The summed E-state index contributed by atoms with van der Waals surface area (Å²) in [6.45, 7) is 2.82. The van der Waals surface area contributed by atoms with Crippen LogP contribution in [0.2, 0.25) is 0 Å². The second-order valence-electron chi connectivity index (χ2n) is 4.87. The maximum absolute atomic E-state index is 12.0. The number of rotatable bonds is 5. The number of anilines is 1. The van der Waals surface area contributed by atoms with Crippen LogP contribution in [0.5, 0.6) is 0 Å². The lowest BCUT2D eigenvalue weighted by Gasteiger charge is -2.16. The molecule has 0 aromatic carbocycles. The molecule has 0 atom stereocenters. The molecule has 0 amide bonds. The largest absolute Gasteiger partial charge is 0.465 e. The van der Waals surface area contributed by atoms with Gasteiger partial charge in [0.25, 0.3) is 0 Å². The van der Waals surface area contributed by atoms with Crippen LogP contribution in [0.15, 0.2) is 11.3 Å². The van der Waals surface area contributed by atoms with E-state index < -0.39 is 5.97 Å². The molecule has 2 heterocycles. The molecule has 0 fully saturated rings. The molecule has 0 unspecified atom stereocenters. The van der Waals surface area contributed by atoms with E-state index >= 15 is 0 Å². The highest BCUT2D eigenvalue weighted by Crippen LogP contribution is 2.41. The number of aliphatic imine (C=N–C) groups is 1. The van der Waals surface area contributed by atoms with Gasteiger partial charge in [-0.25, -0.2) is 19.8 Å². The number of fused-ring (bicyclic) bond motifs is 1. The minimum Gasteiger partial charge on any atom is -0.465 e. The van der Waals surface area contributed by atoms with Crippen LogP contribution in [0, 0.1) is 0 Å². The van der Waals surface area contributed by atoms with Crippen molar-refractivity contribution in [2.24, 2.45) is 4.99 Å². The summed E-state index contributed by atoms with van der Waals surface area (Å²) in [4.78, 5) is 30.0. The van der Waals surface area contributed by atoms with E-state index in [-0.39, 0.29) is 0 Å². The summed E-state index contributed by atoms with van der Waals surface area (Å²) in [5.41, 5.74) is 0.552. The smallest absolute Gasteiger partial charge is 0.350 e. The summed E-state index contributed by atoms with van der Waals surface area (Å²) in [5, 5.41) is 0.773. The van der Waals surface area contributed by atoms with Crippen LogP contribution in [0.25, 0.3) is 10.2 Å².